The molecule has 1 atom stereocenters. The summed E-state index contributed by atoms with van der Waals surface area (Å²) in [6, 6.07) is 6.93. The van der Waals surface area contributed by atoms with E-state index in [1.165, 1.54) is 4.90 Å². The summed E-state index contributed by atoms with van der Waals surface area (Å²) in [7, 11) is 0. The lowest BCUT2D eigenvalue weighted by Crippen LogP contribution is -2.31. The third kappa shape index (κ3) is 3.45. The van der Waals surface area contributed by atoms with Gasteiger partial charge in [0.05, 0.1) is 18.3 Å². The van der Waals surface area contributed by atoms with Crippen molar-refractivity contribution in [2.75, 3.05) is 19.7 Å². The molecule has 1 aromatic carbocycles. The number of carbonyl (C=O) groups is 1. The fourth-order valence-electron chi connectivity index (χ4n) is 2.26. The first-order valence-electron chi connectivity index (χ1n) is 6.56. The van der Waals surface area contributed by atoms with Crippen molar-refractivity contribution in [2.24, 2.45) is 0 Å². The normalized spacial score (nSPS) is 18.6. The predicted octanol–water partition coefficient (Wildman–Crippen LogP) is 2.54. The number of likely N-dealkylation sites (tertiary alicyclic amines) is 1. The third-order valence-corrected chi connectivity index (χ3v) is 3.14. The van der Waals surface area contributed by atoms with Crippen molar-refractivity contribution < 1.29 is 23.0 Å². The molecule has 1 aliphatic heterocycles. The smallest absolute Gasteiger partial charge is 0.345 e. The molecule has 1 amide bonds. The second kappa shape index (κ2) is 6.65. The van der Waals surface area contributed by atoms with Crippen molar-refractivity contribution >= 4 is 5.91 Å². The Morgan fingerprint density at radius 2 is 2.20 bits per heavy atom. The molecule has 6 heteroatoms. The van der Waals surface area contributed by atoms with Crippen LogP contribution in [0.4, 0.5) is 8.78 Å². The Hall–Kier alpha value is -1.69. The zero-order valence-corrected chi connectivity index (χ0v) is 11.2. The second-order valence-electron chi connectivity index (χ2n) is 4.49. The van der Waals surface area contributed by atoms with Gasteiger partial charge in [-0.3, -0.25) is 4.79 Å². The minimum Gasteiger partial charge on any atom is -0.493 e. The van der Waals surface area contributed by atoms with Gasteiger partial charge in [-0.2, -0.15) is 8.78 Å². The number of hydrogen-bond acceptors (Lipinski definition) is 3. The number of rotatable bonds is 5. The Morgan fingerprint density at radius 1 is 1.45 bits per heavy atom. The highest BCUT2D eigenvalue weighted by atomic mass is 19.3. The van der Waals surface area contributed by atoms with Gasteiger partial charge in [-0.1, -0.05) is 12.1 Å². The van der Waals surface area contributed by atoms with Gasteiger partial charge in [0.2, 0.25) is 0 Å². The highest BCUT2D eigenvalue weighted by Gasteiger charge is 2.30. The maximum absolute atomic E-state index is 12.4. The first-order valence-corrected chi connectivity index (χ1v) is 6.56. The summed E-state index contributed by atoms with van der Waals surface area (Å²) in [5, 5.41) is 0. The fourth-order valence-corrected chi connectivity index (χ4v) is 2.26. The molecule has 0 radical (unpaired) electrons. The van der Waals surface area contributed by atoms with E-state index in [4.69, 9.17) is 4.74 Å². The maximum atomic E-state index is 12.4. The maximum Gasteiger partial charge on any atom is 0.345 e. The van der Waals surface area contributed by atoms with Crippen LogP contribution in [0, 0.1) is 0 Å². The summed E-state index contributed by atoms with van der Waals surface area (Å²) in [4.78, 5) is 13.9. The fraction of sp³-hybridized carbons (Fsp3) is 0.500. The summed E-state index contributed by atoms with van der Waals surface area (Å²) >= 11 is 0. The molecule has 4 nitrogen and oxygen atoms in total. The minimum absolute atomic E-state index is 0.184. The van der Waals surface area contributed by atoms with Gasteiger partial charge in [0, 0.05) is 13.1 Å². The van der Waals surface area contributed by atoms with Crippen LogP contribution in [0.2, 0.25) is 0 Å². The standard InChI is InChI=1S/C14H17F2NO3/c1-2-19-12-6-4-3-5-11(12)13(18)17-8-7-10(9-17)20-14(15)16/h3-6,10,14H,2,7-9H2,1H3/t10-/m0/s1. The average molecular weight is 285 g/mol. The van der Waals surface area contributed by atoms with Crippen LogP contribution in [0.5, 0.6) is 5.75 Å². The van der Waals surface area contributed by atoms with E-state index in [0.29, 0.717) is 30.9 Å². The third-order valence-electron chi connectivity index (χ3n) is 3.14. The monoisotopic (exact) mass is 285 g/mol. The summed E-state index contributed by atoms with van der Waals surface area (Å²) in [5.41, 5.74) is 0.451. The topological polar surface area (TPSA) is 38.8 Å². The van der Waals surface area contributed by atoms with Crippen molar-refractivity contribution in [1.29, 1.82) is 0 Å². The molecule has 0 aliphatic carbocycles. The molecule has 1 fully saturated rings. The number of carbonyl (C=O) groups excluding carboxylic acids is 1. The van der Waals surface area contributed by atoms with E-state index in [1.54, 1.807) is 24.3 Å². The van der Waals surface area contributed by atoms with Gasteiger partial charge in [-0.15, -0.1) is 0 Å². The van der Waals surface area contributed by atoms with E-state index in [-0.39, 0.29) is 12.5 Å². The van der Waals surface area contributed by atoms with E-state index in [1.807, 2.05) is 6.92 Å². The number of ether oxygens (including phenoxy) is 2. The number of halogens is 2. The molecule has 0 saturated carbocycles. The molecular formula is C14H17F2NO3. The number of alkyl halides is 2. The van der Waals surface area contributed by atoms with Gasteiger partial charge in [0.1, 0.15) is 5.75 Å². The van der Waals surface area contributed by atoms with Crippen molar-refractivity contribution in [1.82, 2.24) is 4.90 Å². The summed E-state index contributed by atoms with van der Waals surface area (Å²) in [6.45, 7) is 0.0940. The van der Waals surface area contributed by atoms with Crippen molar-refractivity contribution in [3.8, 4) is 5.75 Å². The molecule has 0 N–H and O–H groups in total. The Bertz CT molecular complexity index is 467. The molecule has 1 saturated heterocycles. The molecule has 1 aliphatic rings. The van der Waals surface area contributed by atoms with E-state index in [9.17, 15) is 13.6 Å². The lowest BCUT2D eigenvalue weighted by atomic mass is 10.2. The SMILES string of the molecule is CCOc1ccccc1C(=O)N1CC[C@H](OC(F)F)C1. The first kappa shape index (κ1) is 14.7. The van der Waals surface area contributed by atoms with E-state index < -0.39 is 12.7 Å². The number of nitrogens with zero attached hydrogens (tertiary/aromatic N) is 1. The van der Waals surface area contributed by atoms with Crippen LogP contribution in [0.15, 0.2) is 24.3 Å². The molecule has 2 rings (SSSR count). The molecule has 0 bridgehead atoms. The first-order chi connectivity index (χ1) is 9.61. The summed E-state index contributed by atoms with van der Waals surface area (Å²) < 4.78 is 34.2. The molecule has 110 valence electrons. The number of benzene rings is 1. The molecule has 0 aromatic heterocycles. The lowest BCUT2D eigenvalue weighted by Gasteiger charge is -2.18. The van der Waals surface area contributed by atoms with Gasteiger partial charge in [0.25, 0.3) is 5.91 Å². The van der Waals surface area contributed by atoms with Gasteiger partial charge in [0.15, 0.2) is 0 Å². The largest absolute Gasteiger partial charge is 0.493 e. The number of amides is 1. The van der Waals surface area contributed by atoms with Crippen LogP contribution in [0.1, 0.15) is 23.7 Å². The highest BCUT2D eigenvalue weighted by molar-refractivity contribution is 5.97. The van der Waals surface area contributed by atoms with Crippen LogP contribution in [0.3, 0.4) is 0 Å². The number of para-hydroxylation sites is 1. The van der Waals surface area contributed by atoms with E-state index in [0.717, 1.165) is 0 Å². The Morgan fingerprint density at radius 3 is 2.90 bits per heavy atom. The van der Waals surface area contributed by atoms with Gasteiger partial charge in [-0.05, 0) is 25.5 Å². The predicted molar refractivity (Wildman–Crippen MR) is 69.0 cm³/mol. The van der Waals surface area contributed by atoms with Crippen LogP contribution in [0.25, 0.3) is 0 Å². The van der Waals surface area contributed by atoms with Gasteiger partial charge in [-0.25, -0.2) is 0 Å². The van der Waals surface area contributed by atoms with Crippen molar-refractivity contribution in [2.45, 2.75) is 26.1 Å². The molecule has 0 unspecified atom stereocenters. The van der Waals surface area contributed by atoms with Crippen LogP contribution in [-0.4, -0.2) is 43.2 Å². The molecular weight excluding hydrogens is 268 g/mol. The quantitative estimate of drug-likeness (QED) is 0.834. The zero-order valence-electron chi connectivity index (χ0n) is 11.2. The van der Waals surface area contributed by atoms with Gasteiger partial charge >= 0.3 is 6.61 Å². The highest BCUT2D eigenvalue weighted by Crippen LogP contribution is 2.23. The Kier molecular flexibility index (Phi) is 4.89. The number of hydrogen-bond donors (Lipinski definition) is 0. The van der Waals surface area contributed by atoms with Gasteiger partial charge < -0.3 is 14.4 Å². The Labute approximate surface area is 116 Å². The molecule has 0 spiro atoms. The Balaban J connectivity index is 2.05. The second-order valence-corrected chi connectivity index (χ2v) is 4.49. The van der Waals surface area contributed by atoms with Crippen molar-refractivity contribution in [3.05, 3.63) is 29.8 Å². The van der Waals surface area contributed by atoms with Crippen molar-refractivity contribution in [3.63, 3.8) is 0 Å². The molecule has 1 aromatic rings. The van der Waals surface area contributed by atoms with Crippen LogP contribution >= 0.6 is 0 Å². The average Bonchev–Trinajstić information content (AvgIpc) is 2.86. The van der Waals surface area contributed by atoms with E-state index in [2.05, 4.69) is 4.74 Å². The van der Waals surface area contributed by atoms with Crippen LogP contribution < -0.4 is 4.74 Å². The van der Waals surface area contributed by atoms with E-state index >= 15 is 0 Å². The molecule has 1 heterocycles. The summed E-state index contributed by atoms with van der Waals surface area (Å²) in [5.74, 6) is 0.299. The lowest BCUT2D eigenvalue weighted by molar-refractivity contribution is -0.158. The van der Waals surface area contributed by atoms with Crippen LogP contribution in [-0.2, 0) is 4.74 Å². The minimum atomic E-state index is -2.80. The zero-order chi connectivity index (χ0) is 14.5. The summed E-state index contributed by atoms with van der Waals surface area (Å²) in [6.07, 6.45) is -0.175. The molecule has 20 heavy (non-hydrogen) atoms.